The number of carbonyl (C=O) groups excluding carboxylic acids is 1. The van der Waals surface area contributed by atoms with Crippen LogP contribution >= 0.6 is 11.3 Å². The summed E-state index contributed by atoms with van der Waals surface area (Å²) in [5, 5.41) is 11.6. The lowest BCUT2D eigenvalue weighted by molar-refractivity contribution is -0.122. The molecule has 32 heavy (non-hydrogen) atoms. The van der Waals surface area contributed by atoms with Crippen LogP contribution < -0.4 is 16.0 Å². The number of hydrogen-bond donors (Lipinski definition) is 3. The van der Waals surface area contributed by atoms with E-state index in [-0.39, 0.29) is 5.91 Å². The average Bonchev–Trinajstić information content (AvgIpc) is 3.32. The number of hydrogen-bond acceptors (Lipinski definition) is 6. The molecule has 2 aromatic heterocycles. The SMILES string of the molecule is Cc1cc(N[C@@H](Cc2ccccc2)C(=O)NCc2cccs2)nc(Nc2ccccc2)n1. The number of thiophene rings is 1. The Labute approximate surface area is 191 Å². The van der Waals surface area contributed by atoms with Crippen molar-refractivity contribution in [3.63, 3.8) is 0 Å². The Kier molecular flexibility index (Phi) is 7.09. The van der Waals surface area contributed by atoms with E-state index in [4.69, 9.17) is 0 Å². The standard InChI is InChI=1S/C25H25N5OS/c1-18-15-23(30-25(27-18)28-20-11-6-3-7-12-20)29-22(16-19-9-4-2-5-10-19)24(31)26-17-21-13-8-14-32-21/h2-15,22H,16-17H2,1H3,(H,26,31)(H2,27,28,29,30)/t22-/m0/s1. The highest BCUT2D eigenvalue weighted by molar-refractivity contribution is 7.09. The summed E-state index contributed by atoms with van der Waals surface area (Å²) in [6.45, 7) is 2.42. The van der Waals surface area contributed by atoms with E-state index in [9.17, 15) is 4.79 Å². The Balaban J connectivity index is 1.52. The number of benzene rings is 2. The van der Waals surface area contributed by atoms with Crippen molar-refractivity contribution >= 4 is 34.7 Å². The normalized spacial score (nSPS) is 11.5. The summed E-state index contributed by atoms with van der Waals surface area (Å²) in [5.74, 6) is 1.01. The third-order valence-corrected chi connectivity index (χ3v) is 5.70. The van der Waals surface area contributed by atoms with Crippen molar-refractivity contribution in [1.82, 2.24) is 15.3 Å². The van der Waals surface area contributed by atoms with Crippen LogP contribution in [0.5, 0.6) is 0 Å². The molecule has 0 unspecified atom stereocenters. The fraction of sp³-hybridized carbons (Fsp3) is 0.160. The van der Waals surface area contributed by atoms with Crippen molar-refractivity contribution in [3.05, 3.63) is 100 Å². The minimum Gasteiger partial charge on any atom is -0.358 e. The monoisotopic (exact) mass is 443 g/mol. The minimum atomic E-state index is -0.476. The Morgan fingerprint density at radius 1 is 0.969 bits per heavy atom. The van der Waals surface area contributed by atoms with Gasteiger partial charge in [-0.25, -0.2) is 4.98 Å². The van der Waals surface area contributed by atoms with Gasteiger partial charge in [0.25, 0.3) is 0 Å². The summed E-state index contributed by atoms with van der Waals surface area (Å²) >= 11 is 1.63. The number of nitrogens with zero attached hydrogens (tertiary/aromatic N) is 2. The van der Waals surface area contributed by atoms with Crippen LogP contribution in [0.3, 0.4) is 0 Å². The molecule has 3 N–H and O–H groups in total. The molecule has 162 valence electrons. The maximum Gasteiger partial charge on any atom is 0.243 e. The topological polar surface area (TPSA) is 78.9 Å². The van der Waals surface area contributed by atoms with E-state index >= 15 is 0 Å². The lowest BCUT2D eigenvalue weighted by Crippen LogP contribution is -2.41. The van der Waals surface area contributed by atoms with Gasteiger partial charge in [-0.3, -0.25) is 4.79 Å². The second kappa shape index (κ2) is 10.5. The van der Waals surface area contributed by atoms with E-state index in [1.54, 1.807) is 11.3 Å². The molecule has 4 rings (SSSR count). The first-order valence-electron chi connectivity index (χ1n) is 10.4. The molecule has 0 fully saturated rings. The number of nitrogens with one attached hydrogen (secondary N) is 3. The molecule has 6 nitrogen and oxygen atoms in total. The molecule has 0 bridgehead atoms. The van der Waals surface area contributed by atoms with Gasteiger partial charge in [-0.2, -0.15) is 4.98 Å². The van der Waals surface area contributed by atoms with Gasteiger partial charge in [-0.1, -0.05) is 54.6 Å². The predicted octanol–water partition coefficient (Wildman–Crippen LogP) is 4.93. The van der Waals surface area contributed by atoms with Crippen molar-refractivity contribution in [2.24, 2.45) is 0 Å². The molecule has 0 spiro atoms. The number of amides is 1. The summed E-state index contributed by atoms with van der Waals surface area (Å²) in [6, 6.07) is 25.1. The van der Waals surface area contributed by atoms with Crippen LogP contribution in [0.2, 0.25) is 0 Å². The molecule has 2 aromatic carbocycles. The molecule has 2 heterocycles. The minimum absolute atomic E-state index is 0.0731. The van der Waals surface area contributed by atoms with Crippen molar-refractivity contribution in [2.45, 2.75) is 25.9 Å². The van der Waals surface area contributed by atoms with Crippen molar-refractivity contribution in [1.29, 1.82) is 0 Å². The maximum absolute atomic E-state index is 13.1. The zero-order chi connectivity index (χ0) is 22.2. The summed E-state index contributed by atoms with van der Waals surface area (Å²) in [6.07, 6.45) is 0.543. The van der Waals surface area contributed by atoms with Crippen LogP contribution in [0.1, 0.15) is 16.1 Å². The molecule has 7 heteroatoms. The Hall–Kier alpha value is -3.71. The Morgan fingerprint density at radius 3 is 2.44 bits per heavy atom. The van der Waals surface area contributed by atoms with Crippen LogP contribution in [-0.4, -0.2) is 21.9 Å². The van der Waals surface area contributed by atoms with Crippen molar-refractivity contribution < 1.29 is 4.79 Å². The van der Waals surface area contributed by atoms with E-state index < -0.39 is 6.04 Å². The maximum atomic E-state index is 13.1. The summed E-state index contributed by atoms with van der Waals surface area (Å²) in [4.78, 5) is 23.3. The molecule has 1 amide bonds. The molecule has 0 aliphatic heterocycles. The molecule has 0 radical (unpaired) electrons. The fourth-order valence-corrected chi connectivity index (χ4v) is 3.94. The van der Waals surface area contributed by atoms with Gasteiger partial charge in [0.15, 0.2) is 0 Å². The quantitative estimate of drug-likeness (QED) is 0.342. The van der Waals surface area contributed by atoms with Gasteiger partial charge in [0.2, 0.25) is 11.9 Å². The van der Waals surface area contributed by atoms with Crippen LogP contribution in [-0.2, 0) is 17.8 Å². The van der Waals surface area contributed by atoms with Crippen LogP contribution in [0, 0.1) is 6.92 Å². The number of anilines is 3. The first kappa shape index (κ1) is 21.5. The number of para-hydroxylation sites is 1. The van der Waals surface area contributed by atoms with Gasteiger partial charge in [0.05, 0.1) is 6.54 Å². The number of carbonyl (C=O) groups is 1. The Morgan fingerprint density at radius 2 is 1.72 bits per heavy atom. The van der Waals surface area contributed by atoms with Gasteiger partial charge >= 0.3 is 0 Å². The highest BCUT2D eigenvalue weighted by Gasteiger charge is 2.20. The predicted molar refractivity (Wildman–Crippen MR) is 130 cm³/mol. The average molecular weight is 444 g/mol. The highest BCUT2D eigenvalue weighted by Crippen LogP contribution is 2.17. The summed E-state index contributed by atoms with van der Waals surface area (Å²) in [5.41, 5.74) is 2.78. The number of aryl methyl sites for hydroxylation is 1. The summed E-state index contributed by atoms with van der Waals surface area (Å²) in [7, 11) is 0. The first-order valence-corrected chi connectivity index (χ1v) is 11.3. The van der Waals surface area contributed by atoms with E-state index in [1.165, 1.54) is 0 Å². The van der Waals surface area contributed by atoms with E-state index in [1.807, 2.05) is 91.2 Å². The third-order valence-electron chi connectivity index (χ3n) is 4.82. The Bertz CT molecular complexity index is 1130. The first-order chi connectivity index (χ1) is 15.7. The van der Waals surface area contributed by atoms with Gasteiger partial charge in [0.1, 0.15) is 11.9 Å². The van der Waals surface area contributed by atoms with Gasteiger partial charge in [-0.05, 0) is 36.1 Å². The van der Waals surface area contributed by atoms with Gasteiger partial charge < -0.3 is 16.0 Å². The number of rotatable bonds is 9. The van der Waals surface area contributed by atoms with Gasteiger partial charge in [0, 0.05) is 28.7 Å². The molecule has 0 saturated heterocycles. The molecule has 0 aliphatic carbocycles. The van der Waals surface area contributed by atoms with Crippen molar-refractivity contribution in [2.75, 3.05) is 10.6 Å². The van der Waals surface area contributed by atoms with Crippen LogP contribution in [0.25, 0.3) is 0 Å². The second-order valence-electron chi connectivity index (χ2n) is 7.39. The lowest BCUT2D eigenvalue weighted by atomic mass is 10.1. The van der Waals surface area contributed by atoms with E-state index in [2.05, 4.69) is 25.9 Å². The van der Waals surface area contributed by atoms with Crippen LogP contribution in [0.4, 0.5) is 17.5 Å². The molecular weight excluding hydrogens is 418 g/mol. The van der Waals surface area contributed by atoms with E-state index in [0.717, 1.165) is 21.8 Å². The molecule has 1 atom stereocenters. The van der Waals surface area contributed by atoms with Crippen molar-refractivity contribution in [3.8, 4) is 0 Å². The fourth-order valence-electron chi connectivity index (χ4n) is 3.30. The van der Waals surface area contributed by atoms with E-state index in [0.29, 0.717) is 24.7 Å². The molecular formula is C25H25N5OS. The molecule has 4 aromatic rings. The summed E-state index contributed by atoms with van der Waals surface area (Å²) < 4.78 is 0. The second-order valence-corrected chi connectivity index (χ2v) is 8.43. The van der Waals surface area contributed by atoms with Gasteiger partial charge in [-0.15, -0.1) is 11.3 Å². The lowest BCUT2D eigenvalue weighted by Gasteiger charge is -2.20. The number of aromatic nitrogens is 2. The van der Waals surface area contributed by atoms with Crippen LogP contribution in [0.15, 0.2) is 84.2 Å². The third kappa shape index (κ3) is 6.15. The molecule has 0 aliphatic rings. The zero-order valence-corrected chi connectivity index (χ0v) is 18.6. The molecule has 0 saturated carbocycles. The largest absolute Gasteiger partial charge is 0.358 e. The highest BCUT2D eigenvalue weighted by atomic mass is 32.1. The smallest absolute Gasteiger partial charge is 0.243 e. The zero-order valence-electron chi connectivity index (χ0n) is 17.8.